The number of hydrogen-bond donors (Lipinski definition) is 0. The summed E-state index contributed by atoms with van der Waals surface area (Å²) in [5.74, 6) is -0.166. The van der Waals surface area contributed by atoms with E-state index in [0.717, 1.165) is 10.0 Å². The van der Waals surface area contributed by atoms with Gasteiger partial charge < -0.3 is 4.90 Å². The van der Waals surface area contributed by atoms with Crippen LogP contribution in [0.2, 0.25) is 0 Å². The van der Waals surface area contributed by atoms with Gasteiger partial charge in [-0.15, -0.1) is 0 Å². The highest BCUT2D eigenvalue weighted by molar-refractivity contribution is 9.10. The van der Waals surface area contributed by atoms with E-state index in [2.05, 4.69) is 15.9 Å². The van der Waals surface area contributed by atoms with E-state index in [9.17, 15) is 14.9 Å². The molecule has 1 amide bonds. The molecule has 0 unspecified atom stereocenters. The molecule has 5 nitrogen and oxygen atoms in total. The highest BCUT2D eigenvalue weighted by Gasteiger charge is 2.16. The van der Waals surface area contributed by atoms with Crippen molar-refractivity contribution in [3.63, 3.8) is 0 Å². The molecule has 0 radical (unpaired) electrons. The zero-order valence-electron chi connectivity index (χ0n) is 12.2. The second kappa shape index (κ2) is 6.70. The van der Waals surface area contributed by atoms with Crippen LogP contribution in [0.25, 0.3) is 0 Å². The maximum Gasteiger partial charge on any atom is 0.272 e. The Kier molecular flexibility index (Phi) is 4.92. The van der Waals surface area contributed by atoms with Crippen molar-refractivity contribution in [2.45, 2.75) is 13.5 Å². The van der Waals surface area contributed by atoms with Gasteiger partial charge in [0.2, 0.25) is 0 Å². The minimum atomic E-state index is -0.449. The molecule has 2 aromatic rings. The summed E-state index contributed by atoms with van der Waals surface area (Å²) in [4.78, 5) is 24.3. The number of nitrogens with zero attached hydrogens (tertiary/aromatic N) is 2. The van der Waals surface area contributed by atoms with Gasteiger partial charge in [0.25, 0.3) is 11.6 Å². The van der Waals surface area contributed by atoms with Crippen LogP contribution in [-0.2, 0) is 6.54 Å². The van der Waals surface area contributed by atoms with Gasteiger partial charge in [-0.25, -0.2) is 0 Å². The molecule has 0 aliphatic carbocycles. The van der Waals surface area contributed by atoms with Crippen LogP contribution in [0.15, 0.2) is 46.9 Å². The zero-order chi connectivity index (χ0) is 16.3. The van der Waals surface area contributed by atoms with Crippen molar-refractivity contribution in [2.24, 2.45) is 0 Å². The van der Waals surface area contributed by atoms with Gasteiger partial charge in [-0.05, 0) is 36.8 Å². The van der Waals surface area contributed by atoms with Gasteiger partial charge in [0.05, 0.1) is 4.92 Å². The average Bonchev–Trinajstić information content (AvgIpc) is 2.48. The predicted octanol–water partition coefficient (Wildman–Crippen LogP) is 3.94. The normalized spacial score (nSPS) is 10.3. The Morgan fingerprint density at radius 1 is 1.23 bits per heavy atom. The molecule has 22 heavy (non-hydrogen) atoms. The van der Waals surface area contributed by atoms with Gasteiger partial charge in [0, 0.05) is 35.3 Å². The highest BCUT2D eigenvalue weighted by Crippen LogP contribution is 2.20. The average molecular weight is 363 g/mol. The fraction of sp³-hybridized carbons (Fsp3) is 0.188. The summed E-state index contributed by atoms with van der Waals surface area (Å²) in [6, 6.07) is 12.1. The summed E-state index contributed by atoms with van der Waals surface area (Å²) in [7, 11) is 1.71. The Hall–Kier alpha value is -2.21. The molecular weight excluding hydrogens is 348 g/mol. The molecule has 0 spiro atoms. The van der Waals surface area contributed by atoms with Crippen LogP contribution in [0.3, 0.4) is 0 Å². The van der Waals surface area contributed by atoms with Crippen LogP contribution in [0, 0.1) is 17.0 Å². The van der Waals surface area contributed by atoms with Crippen molar-refractivity contribution < 1.29 is 9.72 Å². The van der Waals surface area contributed by atoms with Crippen LogP contribution in [0.1, 0.15) is 21.5 Å². The maximum absolute atomic E-state index is 12.4. The molecular formula is C16H15BrN2O3. The second-order valence-corrected chi connectivity index (χ2v) is 5.96. The monoisotopic (exact) mass is 362 g/mol. The smallest absolute Gasteiger partial charge is 0.272 e. The Morgan fingerprint density at radius 2 is 1.86 bits per heavy atom. The van der Waals surface area contributed by atoms with E-state index in [0.29, 0.717) is 17.7 Å². The molecule has 0 saturated heterocycles. The SMILES string of the molecule is Cc1cc(C(=O)N(C)Cc2ccc(Br)cc2)ccc1[N+](=O)[O-]. The topological polar surface area (TPSA) is 63.5 Å². The quantitative estimate of drug-likeness (QED) is 0.611. The van der Waals surface area contributed by atoms with Gasteiger partial charge in [-0.1, -0.05) is 28.1 Å². The first-order chi connectivity index (χ1) is 10.4. The van der Waals surface area contributed by atoms with Crippen LogP contribution in [0.5, 0.6) is 0 Å². The van der Waals surface area contributed by atoms with Crippen LogP contribution in [0.4, 0.5) is 5.69 Å². The van der Waals surface area contributed by atoms with E-state index < -0.39 is 4.92 Å². The zero-order valence-corrected chi connectivity index (χ0v) is 13.8. The molecule has 0 aliphatic rings. The molecule has 0 saturated carbocycles. The molecule has 0 aliphatic heterocycles. The predicted molar refractivity (Wildman–Crippen MR) is 87.8 cm³/mol. The third-order valence-corrected chi connectivity index (χ3v) is 3.85. The number of halogens is 1. The number of aryl methyl sites for hydroxylation is 1. The highest BCUT2D eigenvalue weighted by atomic mass is 79.9. The molecule has 6 heteroatoms. The lowest BCUT2D eigenvalue weighted by Gasteiger charge is -2.17. The Labute approximate surface area is 136 Å². The molecule has 0 heterocycles. The van der Waals surface area contributed by atoms with E-state index in [1.54, 1.807) is 24.9 Å². The van der Waals surface area contributed by atoms with E-state index in [-0.39, 0.29) is 11.6 Å². The summed E-state index contributed by atoms with van der Waals surface area (Å²) in [5.41, 5.74) is 1.96. The summed E-state index contributed by atoms with van der Waals surface area (Å²) in [5, 5.41) is 10.8. The maximum atomic E-state index is 12.4. The molecule has 114 valence electrons. The number of rotatable bonds is 4. The third kappa shape index (κ3) is 3.71. The number of nitro groups is 1. The molecule has 0 bridgehead atoms. The molecule has 0 N–H and O–H groups in total. The van der Waals surface area contributed by atoms with Crippen LogP contribution >= 0.6 is 15.9 Å². The fourth-order valence-corrected chi connectivity index (χ4v) is 2.41. The van der Waals surface area contributed by atoms with Crippen molar-refractivity contribution >= 4 is 27.5 Å². The second-order valence-electron chi connectivity index (χ2n) is 5.05. The van der Waals surface area contributed by atoms with E-state index in [1.165, 1.54) is 12.1 Å². The molecule has 0 fully saturated rings. The number of carbonyl (C=O) groups excluding carboxylic acids is 1. The molecule has 0 atom stereocenters. The largest absolute Gasteiger partial charge is 0.337 e. The van der Waals surface area contributed by atoms with Gasteiger partial charge in [0.15, 0.2) is 0 Å². The molecule has 0 aromatic heterocycles. The van der Waals surface area contributed by atoms with Crippen LogP contribution < -0.4 is 0 Å². The van der Waals surface area contributed by atoms with E-state index in [1.807, 2.05) is 24.3 Å². The summed E-state index contributed by atoms with van der Waals surface area (Å²) >= 11 is 3.37. The standard InChI is InChI=1S/C16H15BrN2O3/c1-11-9-13(5-8-15(11)19(21)22)16(20)18(2)10-12-3-6-14(17)7-4-12/h3-9H,10H2,1-2H3. The third-order valence-electron chi connectivity index (χ3n) is 3.32. The summed E-state index contributed by atoms with van der Waals surface area (Å²) in [6.07, 6.45) is 0. The Morgan fingerprint density at radius 3 is 2.41 bits per heavy atom. The number of nitro benzene ring substituents is 1. The van der Waals surface area contributed by atoms with Crippen LogP contribution in [-0.4, -0.2) is 22.8 Å². The van der Waals surface area contributed by atoms with Gasteiger partial charge in [-0.2, -0.15) is 0 Å². The lowest BCUT2D eigenvalue weighted by Crippen LogP contribution is -2.26. The lowest BCUT2D eigenvalue weighted by atomic mass is 10.1. The van der Waals surface area contributed by atoms with Crippen molar-refractivity contribution in [1.29, 1.82) is 0 Å². The summed E-state index contributed by atoms with van der Waals surface area (Å²) < 4.78 is 0.983. The molecule has 2 rings (SSSR count). The summed E-state index contributed by atoms with van der Waals surface area (Å²) in [6.45, 7) is 2.10. The minimum absolute atomic E-state index is 0.0205. The minimum Gasteiger partial charge on any atom is -0.337 e. The first-order valence-corrected chi connectivity index (χ1v) is 7.42. The first kappa shape index (κ1) is 16.2. The van der Waals surface area contributed by atoms with Crippen molar-refractivity contribution in [1.82, 2.24) is 4.90 Å². The number of benzene rings is 2. The first-order valence-electron chi connectivity index (χ1n) is 6.63. The van der Waals surface area contributed by atoms with Crippen molar-refractivity contribution in [2.75, 3.05) is 7.05 Å². The number of carbonyl (C=O) groups is 1. The molecule has 2 aromatic carbocycles. The number of hydrogen-bond acceptors (Lipinski definition) is 3. The van der Waals surface area contributed by atoms with E-state index >= 15 is 0 Å². The number of amides is 1. The fourth-order valence-electron chi connectivity index (χ4n) is 2.15. The van der Waals surface area contributed by atoms with Gasteiger partial charge in [0.1, 0.15) is 0 Å². The van der Waals surface area contributed by atoms with Crippen molar-refractivity contribution in [3.05, 3.63) is 73.7 Å². The lowest BCUT2D eigenvalue weighted by molar-refractivity contribution is -0.385. The Balaban J connectivity index is 2.15. The van der Waals surface area contributed by atoms with Gasteiger partial charge >= 0.3 is 0 Å². The van der Waals surface area contributed by atoms with Gasteiger partial charge in [-0.3, -0.25) is 14.9 Å². The van der Waals surface area contributed by atoms with Crippen molar-refractivity contribution in [3.8, 4) is 0 Å². The van der Waals surface area contributed by atoms with E-state index in [4.69, 9.17) is 0 Å². The Bertz CT molecular complexity index is 714.